The third-order valence-electron chi connectivity index (χ3n) is 2.95. The van der Waals surface area contributed by atoms with Crippen LogP contribution in [0.4, 0.5) is 0 Å². The number of nitrogens with one attached hydrogen (secondary N) is 1. The Balaban J connectivity index is 1.64. The molecule has 6 heteroatoms. The van der Waals surface area contributed by atoms with E-state index in [1.165, 1.54) is 12.8 Å². The molecule has 104 valence electrons. The predicted octanol–water partition coefficient (Wildman–Crippen LogP) is 4.05. The summed E-state index contributed by atoms with van der Waals surface area (Å²) in [5.41, 5.74) is 0.930. The average molecular weight is 399 g/mol. The lowest BCUT2D eigenvalue weighted by Gasteiger charge is -2.07. The minimum Gasteiger partial charge on any atom is -0.436 e. The van der Waals surface area contributed by atoms with Crippen molar-refractivity contribution in [2.75, 3.05) is 0 Å². The summed E-state index contributed by atoms with van der Waals surface area (Å²) in [7, 11) is 0. The molecule has 1 aliphatic carbocycles. The normalized spacial score (nSPS) is 14.3. The molecule has 1 aromatic heterocycles. The molecule has 3 rings (SSSR count). The van der Waals surface area contributed by atoms with E-state index in [9.17, 15) is 0 Å². The van der Waals surface area contributed by atoms with Gasteiger partial charge in [-0.05, 0) is 53.0 Å². The van der Waals surface area contributed by atoms with Crippen LogP contribution in [0.3, 0.4) is 0 Å². The molecule has 4 nitrogen and oxygen atoms in total. The van der Waals surface area contributed by atoms with Gasteiger partial charge in [0.1, 0.15) is 5.75 Å². The Morgan fingerprint density at radius 1 is 1.15 bits per heavy atom. The maximum atomic E-state index is 5.70. The first-order valence-corrected chi connectivity index (χ1v) is 7.98. The second-order valence-corrected chi connectivity index (χ2v) is 6.46. The smallest absolute Gasteiger partial charge is 0.238 e. The number of halogens is 2. The number of hydrogen-bond donors (Lipinski definition) is 1. The number of hydrogen-bond acceptors (Lipinski definition) is 4. The van der Waals surface area contributed by atoms with Crippen molar-refractivity contribution < 1.29 is 4.74 Å². The topological polar surface area (TPSA) is 47.0 Å². The summed E-state index contributed by atoms with van der Waals surface area (Å²) in [4.78, 5) is 0. The van der Waals surface area contributed by atoms with Crippen LogP contribution in [0.5, 0.6) is 11.6 Å². The van der Waals surface area contributed by atoms with Gasteiger partial charge in [0.15, 0.2) is 0 Å². The molecule has 1 heterocycles. The summed E-state index contributed by atoms with van der Waals surface area (Å²) in [5, 5.41) is 11.7. The molecule has 1 saturated carbocycles. The first-order valence-electron chi connectivity index (χ1n) is 6.39. The van der Waals surface area contributed by atoms with Gasteiger partial charge in [-0.25, -0.2) is 0 Å². The molecule has 0 amide bonds. The summed E-state index contributed by atoms with van der Waals surface area (Å²) < 4.78 is 7.55. The molecule has 1 aromatic carbocycles. The van der Waals surface area contributed by atoms with Gasteiger partial charge < -0.3 is 10.1 Å². The van der Waals surface area contributed by atoms with Gasteiger partial charge in [-0.15, -0.1) is 5.10 Å². The van der Waals surface area contributed by atoms with Crippen molar-refractivity contribution in [1.82, 2.24) is 15.5 Å². The van der Waals surface area contributed by atoms with Crippen molar-refractivity contribution in [2.24, 2.45) is 0 Å². The van der Waals surface area contributed by atoms with Crippen LogP contribution < -0.4 is 10.1 Å². The quantitative estimate of drug-likeness (QED) is 0.825. The molecule has 1 fully saturated rings. The van der Waals surface area contributed by atoms with Gasteiger partial charge in [0.25, 0.3) is 0 Å². The van der Waals surface area contributed by atoms with Gasteiger partial charge in [-0.3, -0.25) is 0 Å². The molecule has 2 aromatic rings. The number of rotatable bonds is 5. The Morgan fingerprint density at radius 3 is 2.65 bits per heavy atom. The summed E-state index contributed by atoms with van der Waals surface area (Å²) in [6.07, 6.45) is 2.54. The lowest BCUT2D eigenvalue weighted by atomic mass is 10.3. The van der Waals surface area contributed by atoms with Gasteiger partial charge in [0.2, 0.25) is 5.88 Å². The maximum Gasteiger partial charge on any atom is 0.238 e. The molecule has 20 heavy (non-hydrogen) atoms. The van der Waals surface area contributed by atoms with E-state index in [1.807, 2.05) is 30.3 Å². The van der Waals surface area contributed by atoms with Crippen LogP contribution in [0.1, 0.15) is 18.5 Å². The molecule has 0 spiro atoms. The Labute approximate surface area is 134 Å². The van der Waals surface area contributed by atoms with Crippen LogP contribution in [0, 0.1) is 0 Å². The second-order valence-electron chi connectivity index (χ2n) is 4.69. The highest BCUT2D eigenvalue weighted by Gasteiger charge is 2.20. The van der Waals surface area contributed by atoms with Gasteiger partial charge in [0, 0.05) is 23.1 Å². The van der Waals surface area contributed by atoms with Crippen LogP contribution in [-0.2, 0) is 6.54 Å². The molecule has 0 atom stereocenters. The molecule has 0 radical (unpaired) electrons. The molecule has 0 unspecified atom stereocenters. The fraction of sp³-hybridized carbons (Fsp3) is 0.286. The van der Waals surface area contributed by atoms with Gasteiger partial charge in [-0.2, -0.15) is 5.10 Å². The Kier molecular flexibility index (Phi) is 4.33. The van der Waals surface area contributed by atoms with Crippen LogP contribution in [0.25, 0.3) is 0 Å². The number of aromatic nitrogens is 2. The van der Waals surface area contributed by atoms with Crippen molar-refractivity contribution in [3.8, 4) is 11.6 Å². The fourth-order valence-corrected chi connectivity index (χ4v) is 2.83. The van der Waals surface area contributed by atoms with Crippen LogP contribution in [0.15, 0.2) is 39.3 Å². The van der Waals surface area contributed by atoms with Crippen molar-refractivity contribution >= 4 is 31.9 Å². The summed E-state index contributed by atoms with van der Waals surface area (Å²) in [6, 6.07) is 10.2. The van der Waals surface area contributed by atoms with Crippen molar-refractivity contribution in [2.45, 2.75) is 25.4 Å². The number of benzene rings is 1. The van der Waals surface area contributed by atoms with E-state index in [1.54, 1.807) is 0 Å². The summed E-state index contributed by atoms with van der Waals surface area (Å²) in [5.74, 6) is 1.20. The molecule has 0 saturated heterocycles. The van der Waals surface area contributed by atoms with Crippen LogP contribution in [0.2, 0.25) is 0 Å². The highest BCUT2D eigenvalue weighted by molar-refractivity contribution is 9.11. The second kappa shape index (κ2) is 6.20. The zero-order chi connectivity index (χ0) is 13.9. The Bertz CT molecular complexity index is 600. The van der Waals surface area contributed by atoms with E-state index in [0.717, 1.165) is 21.2 Å². The summed E-state index contributed by atoms with van der Waals surface area (Å²) >= 11 is 6.86. The van der Waals surface area contributed by atoms with Crippen LogP contribution >= 0.6 is 31.9 Å². The Morgan fingerprint density at radius 2 is 2.00 bits per heavy atom. The minimum atomic E-state index is 0.489. The molecule has 1 aliphatic rings. The third-order valence-corrected chi connectivity index (χ3v) is 4.07. The predicted molar refractivity (Wildman–Crippen MR) is 83.8 cm³/mol. The minimum absolute atomic E-state index is 0.489. The zero-order valence-corrected chi connectivity index (χ0v) is 13.8. The van der Waals surface area contributed by atoms with E-state index in [2.05, 4.69) is 47.4 Å². The first kappa shape index (κ1) is 14.0. The average Bonchev–Trinajstić information content (AvgIpc) is 3.25. The largest absolute Gasteiger partial charge is 0.436 e. The van der Waals surface area contributed by atoms with E-state index in [-0.39, 0.29) is 0 Å². The maximum absolute atomic E-state index is 5.70. The highest BCUT2D eigenvalue weighted by Crippen LogP contribution is 2.31. The monoisotopic (exact) mass is 397 g/mol. The highest BCUT2D eigenvalue weighted by atomic mass is 79.9. The van der Waals surface area contributed by atoms with Crippen molar-refractivity contribution in [3.05, 3.63) is 45.0 Å². The number of ether oxygens (including phenoxy) is 1. The van der Waals surface area contributed by atoms with Crippen molar-refractivity contribution in [1.29, 1.82) is 0 Å². The van der Waals surface area contributed by atoms with Crippen LogP contribution in [-0.4, -0.2) is 16.2 Å². The first-order chi connectivity index (χ1) is 9.70. The fourth-order valence-electron chi connectivity index (χ4n) is 1.70. The van der Waals surface area contributed by atoms with E-state index in [4.69, 9.17) is 4.74 Å². The van der Waals surface area contributed by atoms with Gasteiger partial charge in [-0.1, -0.05) is 15.9 Å². The van der Waals surface area contributed by atoms with E-state index < -0.39 is 0 Å². The van der Waals surface area contributed by atoms with Gasteiger partial charge in [0.05, 0.1) is 10.2 Å². The van der Waals surface area contributed by atoms with Gasteiger partial charge >= 0.3 is 0 Å². The summed E-state index contributed by atoms with van der Waals surface area (Å²) in [6.45, 7) is 0.764. The Hall–Kier alpha value is -0.980. The number of nitrogens with zero attached hydrogens (tertiary/aromatic N) is 2. The van der Waals surface area contributed by atoms with Crippen molar-refractivity contribution in [3.63, 3.8) is 0 Å². The third kappa shape index (κ3) is 3.77. The molecule has 1 N–H and O–H groups in total. The van der Waals surface area contributed by atoms with E-state index >= 15 is 0 Å². The zero-order valence-electron chi connectivity index (χ0n) is 10.6. The standard InChI is InChI=1S/C14H13Br2N3O/c15-9-1-5-13(12(16)7-9)20-14-6-4-11(18-19-14)8-17-10-2-3-10/h1,4-7,10,17H,2-3,8H2. The van der Waals surface area contributed by atoms with E-state index in [0.29, 0.717) is 17.7 Å². The molecule has 0 bridgehead atoms. The SMILES string of the molecule is Brc1ccc(Oc2ccc(CNC3CC3)nn2)c(Br)c1. The molecular weight excluding hydrogens is 386 g/mol. The lowest BCUT2D eigenvalue weighted by molar-refractivity contribution is 0.450. The lowest BCUT2D eigenvalue weighted by Crippen LogP contribution is -2.16. The molecule has 0 aliphatic heterocycles. The molecular formula is C14H13Br2N3O.